The van der Waals surface area contributed by atoms with Gasteiger partial charge in [0.25, 0.3) is 5.56 Å². The molecule has 0 aliphatic carbocycles. The van der Waals surface area contributed by atoms with Gasteiger partial charge in [-0.05, 0) is 12.1 Å². The standard InChI is InChI=1S/C16H16N2OS2/c1-3-9-20-16-17-13-10-11(2)21-14(13)15(19)18(16)12-7-5-4-6-8-12/h3-8,11H,1,9-10H2,2H3. The van der Waals surface area contributed by atoms with E-state index < -0.39 is 0 Å². The van der Waals surface area contributed by atoms with Crippen LogP contribution in [0.1, 0.15) is 12.6 Å². The second kappa shape index (κ2) is 6.12. The van der Waals surface area contributed by atoms with E-state index in [0.29, 0.717) is 5.25 Å². The normalized spacial score (nSPS) is 16.7. The molecule has 1 aliphatic rings. The topological polar surface area (TPSA) is 34.9 Å². The lowest BCUT2D eigenvalue weighted by atomic mass is 10.2. The Morgan fingerprint density at radius 3 is 2.95 bits per heavy atom. The van der Waals surface area contributed by atoms with Crippen molar-refractivity contribution in [2.24, 2.45) is 0 Å². The van der Waals surface area contributed by atoms with Crippen molar-refractivity contribution < 1.29 is 0 Å². The van der Waals surface area contributed by atoms with Crippen LogP contribution in [0.2, 0.25) is 0 Å². The van der Waals surface area contributed by atoms with Gasteiger partial charge < -0.3 is 0 Å². The number of aromatic nitrogens is 2. The summed E-state index contributed by atoms with van der Waals surface area (Å²) in [7, 11) is 0. The van der Waals surface area contributed by atoms with E-state index in [1.165, 1.54) is 0 Å². The molecule has 21 heavy (non-hydrogen) atoms. The van der Waals surface area contributed by atoms with Crippen molar-refractivity contribution in [2.75, 3.05) is 5.75 Å². The molecule has 0 amide bonds. The Balaban J connectivity index is 2.19. The highest BCUT2D eigenvalue weighted by molar-refractivity contribution is 8.00. The van der Waals surface area contributed by atoms with Gasteiger partial charge in [0.2, 0.25) is 0 Å². The summed E-state index contributed by atoms with van der Waals surface area (Å²) < 4.78 is 1.72. The Labute approximate surface area is 132 Å². The largest absolute Gasteiger partial charge is 0.272 e. The van der Waals surface area contributed by atoms with Crippen LogP contribution in [0.4, 0.5) is 0 Å². The highest BCUT2D eigenvalue weighted by atomic mass is 32.2. The molecule has 5 heteroatoms. The van der Waals surface area contributed by atoms with Crippen LogP contribution in [0.3, 0.4) is 0 Å². The van der Waals surface area contributed by atoms with E-state index in [4.69, 9.17) is 4.98 Å². The fraction of sp³-hybridized carbons (Fsp3) is 0.250. The lowest BCUT2D eigenvalue weighted by molar-refractivity contribution is 0.731. The van der Waals surface area contributed by atoms with Gasteiger partial charge in [0.05, 0.1) is 16.3 Å². The van der Waals surface area contributed by atoms with Gasteiger partial charge in [0, 0.05) is 17.4 Å². The predicted octanol–water partition coefficient (Wildman–Crippen LogP) is 3.55. The van der Waals surface area contributed by atoms with Crippen molar-refractivity contribution in [2.45, 2.75) is 28.6 Å². The van der Waals surface area contributed by atoms with Gasteiger partial charge >= 0.3 is 0 Å². The first kappa shape index (κ1) is 14.5. The van der Waals surface area contributed by atoms with E-state index in [0.717, 1.165) is 33.6 Å². The molecule has 3 nitrogen and oxygen atoms in total. The second-order valence-electron chi connectivity index (χ2n) is 4.88. The number of hydrogen-bond donors (Lipinski definition) is 0. The number of rotatable bonds is 4. The molecular formula is C16H16N2OS2. The molecule has 0 bridgehead atoms. The number of para-hydroxylation sites is 1. The Hall–Kier alpha value is -1.46. The number of hydrogen-bond acceptors (Lipinski definition) is 4. The minimum absolute atomic E-state index is 0.0483. The minimum atomic E-state index is 0.0483. The Morgan fingerprint density at radius 1 is 1.48 bits per heavy atom. The molecule has 0 N–H and O–H groups in total. The third kappa shape index (κ3) is 2.80. The molecule has 0 saturated heterocycles. The summed E-state index contributed by atoms with van der Waals surface area (Å²) in [5.41, 5.74) is 1.85. The fourth-order valence-corrected chi connectivity index (χ4v) is 4.19. The van der Waals surface area contributed by atoms with Crippen LogP contribution < -0.4 is 5.56 Å². The lowest BCUT2D eigenvalue weighted by Gasteiger charge is -2.12. The van der Waals surface area contributed by atoms with E-state index in [-0.39, 0.29) is 5.56 Å². The van der Waals surface area contributed by atoms with Gasteiger partial charge in [-0.25, -0.2) is 4.98 Å². The number of nitrogens with zero attached hydrogens (tertiary/aromatic N) is 2. The van der Waals surface area contributed by atoms with Crippen LogP contribution >= 0.6 is 23.5 Å². The van der Waals surface area contributed by atoms with E-state index in [2.05, 4.69) is 13.5 Å². The maximum atomic E-state index is 12.9. The Kier molecular flexibility index (Phi) is 4.22. The van der Waals surface area contributed by atoms with Crippen LogP contribution in [0.5, 0.6) is 0 Å². The highest BCUT2D eigenvalue weighted by Gasteiger charge is 2.26. The summed E-state index contributed by atoms with van der Waals surface area (Å²) in [5, 5.41) is 1.17. The first-order chi connectivity index (χ1) is 10.2. The molecule has 1 aromatic carbocycles. The number of fused-ring (bicyclic) bond motifs is 1. The average Bonchev–Trinajstić information content (AvgIpc) is 2.87. The second-order valence-corrected chi connectivity index (χ2v) is 7.31. The predicted molar refractivity (Wildman–Crippen MR) is 89.8 cm³/mol. The summed E-state index contributed by atoms with van der Waals surface area (Å²) in [4.78, 5) is 18.4. The molecule has 0 spiro atoms. The highest BCUT2D eigenvalue weighted by Crippen LogP contribution is 2.34. The number of benzene rings is 1. The molecule has 1 aliphatic heterocycles. The van der Waals surface area contributed by atoms with Crippen LogP contribution in [-0.4, -0.2) is 20.6 Å². The van der Waals surface area contributed by atoms with Crippen molar-refractivity contribution in [3.05, 3.63) is 59.0 Å². The molecule has 3 rings (SSSR count). The summed E-state index contributed by atoms with van der Waals surface area (Å²) in [5.74, 6) is 0.737. The minimum Gasteiger partial charge on any atom is -0.268 e. The number of thioether (sulfide) groups is 2. The average molecular weight is 316 g/mol. The molecule has 2 aromatic rings. The Morgan fingerprint density at radius 2 is 2.24 bits per heavy atom. The summed E-state index contributed by atoms with van der Waals surface area (Å²) in [6.07, 6.45) is 2.70. The van der Waals surface area contributed by atoms with Crippen molar-refractivity contribution >= 4 is 23.5 Å². The van der Waals surface area contributed by atoms with Crippen LogP contribution in [0, 0.1) is 0 Å². The molecule has 0 fully saturated rings. The van der Waals surface area contributed by atoms with Crippen LogP contribution in [0.25, 0.3) is 5.69 Å². The third-order valence-electron chi connectivity index (χ3n) is 3.23. The zero-order valence-corrected chi connectivity index (χ0v) is 13.4. The van der Waals surface area contributed by atoms with Crippen molar-refractivity contribution in [3.8, 4) is 5.69 Å². The van der Waals surface area contributed by atoms with Gasteiger partial charge in [0.1, 0.15) is 0 Å². The molecule has 108 valence electrons. The van der Waals surface area contributed by atoms with Crippen molar-refractivity contribution in [3.63, 3.8) is 0 Å². The van der Waals surface area contributed by atoms with Gasteiger partial charge in [0.15, 0.2) is 5.16 Å². The van der Waals surface area contributed by atoms with E-state index >= 15 is 0 Å². The summed E-state index contributed by atoms with van der Waals surface area (Å²) in [6.45, 7) is 5.88. The van der Waals surface area contributed by atoms with Crippen molar-refractivity contribution in [1.82, 2.24) is 9.55 Å². The van der Waals surface area contributed by atoms with Gasteiger partial charge in [-0.15, -0.1) is 18.3 Å². The van der Waals surface area contributed by atoms with Gasteiger partial charge in [-0.2, -0.15) is 0 Å². The molecule has 0 radical (unpaired) electrons. The van der Waals surface area contributed by atoms with Gasteiger partial charge in [-0.3, -0.25) is 9.36 Å². The SMILES string of the molecule is C=CCSc1nc2c(c(=O)n1-c1ccccc1)SC(C)C2. The lowest BCUT2D eigenvalue weighted by Crippen LogP contribution is -2.23. The summed E-state index contributed by atoms with van der Waals surface area (Å²) in [6, 6.07) is 9.70. The molecule has 2 heterocycles. The molecule has 1 aromatic heterocycles. The quantitative estimate of drug-likeness (QED) is 0.491. The summed E-state index contributed by atoms with van der Waals surface area (Å²) >= 11 is 3.18. The molecule has 0 saturated carbocycles. The fourth-order valence-electron chi connectivity index (χ4n) is 2.34. The molecule has 1 unspecified atom stereocenters. The van der Waals surface area contributed by atoms with E-state index in [9.17, 15) is 4.79 Å². The smallest absolute Gasteiger partial charge is 0.268 e. The monoisotopic (exact) mass is 316 g/mol. The van der Waals surface area contributed by atoms with Crippen LogP contribution in [0.15, 0.2) is 57.8 Å². The van der Waals surface area contributed by atoms with E-state index in [1.807, 2.05) is 36.4 Å². The molecule has 1 atom stereocenters. The van der Waals surface area contributed by atoms with Gasteiger partial charge in [-0.1, -0.05) is 43.0 Å². The maximum absolute atomic E-state index is 12.9. The Bertz CT molecular complexity index is 725. The first-order valence-electron chi connectivity index (χ1n) is 6.82. The molecular weight excluding hydrogens is 300 g/mol. The van der Waals surface area contributed by atoms with Crippen LogP contribution in [-0.2, 0) is 6.42 Å². The zero-order valence-electron chi connectivity index (χ0n) is 11.8. The third-order valence-corrected chi connectivity index (χ3v) is 5.38. The maximum Gasteiger partial charge on any atom is 0.272 e. The van der Waals surface area contributed by atoms with Crippen molar-refractivity contribution in [1.29, 1.82) is 0 Å². The first-order valence-corrected chi connectivity index (χ1v) is 8.69. The zero-order chi connectivity index (χ0) is 14.8. The van der Waals surface area contributed by atoms with E-state index in [1.54, 1.807) is 28.1 Å².